The molecule has 2 fully saturated rings. The maximum atomic E-state index is 13.9. The molecule has 0 bridgehead atoms. The van der Waals surface area contributed by atoms with Gasteiger partial charge in [-0.15, -0.1) is 10.2 Å². The monoisotopic (exact) mass is 496 g/mol. The second-order valence-electron chi connectivity index (χ2n) is 11.4. The molecule has 6 nitrogen and oxygen atoms in total. The quantitative estimate of drug-likeness (QED) is 0.317. The number of nitrogens with zero attached hydrogens (tertiary/aromatic N) is 4. The van der Waals surface area contributed by atoms with Gasteiger partial charge in [0.2, 0.25) is 5.43 Å². The van der Waals surface area contributed by atoms with E-state index in [1.807, 2.05) is 30.7 Å². The second-order valence-corrected chi connectivity index (χ2v) is 11.4. The van der Waals surface area contributed by atoms with Crippen LogP contribution in [0, 0.1) is 18.8 Å². The molecule has 6 rings (SSSR count). The fourth-order valence-electron chi connectivity index (χ4n) is 6.21. The van der Waals surface area contributed by atoms with Gasteiger partial charge in [0.05, 0.1) is 10.9 Å². The molecule has 3 atom stereocenters. The molecule has 2 aromatic heterocycles. The summed E-state index contributed by atoms with van der Waals surface area (Å²) in [5.74, 6) is 2.44. The van der Waals surface area contributed by atoms with Crippen molar-refractivity contribution in [1.82, 2.24) is 19.7 Å². The number of hydrogen-bond acceptors (Lipinski definition) is 5. The molecule has 1 aliphatic heterocycles. The van der Waals surface area contributed by atoms with Crippen molar-refractivity contribution >= 4 is 11.0 Å². The summed E-state index contributed by atoms with van der Waals surface area (Å²) in [4.78, 5) is 16.4. The Balaban J connectivity index is 1.40. The van der Waals surface area contributed by atoms with E-state index in [1.165, 1.54) is 36.8 Å². The molecule has 3 heterocycles. The van der Waals surface area contributed by atoms with Crippen LogP contribution in [0.3, 0.4) is 0 Å². The molecule has 2 unspecified atom stereocenters. The first-order valence-electron chi connectivity index (χ1n) is 13.6. The van der Waals surface area contributed by atoms with Crippen molar-refractivity contribution in [2.45, 2.75) is 58.4 Å². The Morgan fingerprint density at radius 3 is 2.68 bits per heavy atom. The van der Waals surface area contributed by atoms with E-state index < -0.39 is 0 Å². The molecule has 37 heavy (non-hydrogen) atoms. The lowest BCUT2D eigenvalue weighted by molar-refractivity contribution is 0.139. The van der Waals surface area contributed by atoms with Crippen LogP contribution in [-0.2, 0) is 7.05 Å². The highest BCUT2D eigenvalue weighted by atomic mass is 16.3. The number of hydrogen-bond donors (Lipinski definition) is 0. The summed E-state index contributed by atoms with van der Waals surface area (Å²) in [5.41, 5.74) is 5.59. The van der Waals surface area contributed by atoms with E-state index in [2.05, 4.69) is 53.2 Å². The van der Waals surface area contributed by atoms with Crippen LogP contribution in [0.1, 0.15) is 74.0 Å². The molecular formula is C31H36N4O2. The number of rotatable bonds is 6. The Kier molecular flexibility index (Phi) is 6.23. The maximum Gasteiger partial charge on any atom is 0.200 e. The number of aromatic nitrogens is 3. The van der Waals surface area contributed by atoms with Crippen LogP contribution in [0.15, 0.2) is 58.2 Å². The lowest BCUT2D eigenvalue weighted by Crippen LogP contribution is -2.36. The minimum absolute atomic E-state index is 0.0317. The van der Waals surface area contributed by atoms with Gasteiger partial charge in [0, 0.05) is 25.6 Å². The van der Waals surface area contributed by atoms with Gasteiger partial charge < -0.3 is 8.98 Å². The van der Waals surface area contributed by atoms with Crippen molar-refractivity contribution in [3.05, 3.63) is 81.7 Å². The first kappa shape index (κ1) is 24.1. The Morgan fingerprint density at radius 2 is 1.95 bits per heavy atom. The van der Waals surface area contributed by atoms with Gasteiger partial charge in [0.15, 0.2) is 0 Å². The molecule has 0 radical (unpaired) electrons. The minimum Gasteiger partial charge on any atom is -0.463 e. The fraction of sp³-hybridized carbons (Fsp3) is 0.452. The molecule has 1 saturated carbocycles. The average molecular weight is 497 g/mol. The highest BCUT2D eigenvalue weighted by Crippen LogP contribution is 2.46. The third-order valence-electron chi connectivity index (χ3n) is 8.47. The standard InChI is InChI=1S/C31H36N4O2/c1-19-7-6-12-35(16-19)21(3)25-13-20(2)30-26(15-25)29(36)27(17-37-30)23-8-5-9-24(14-23)28(22-10-11-22)31-33-32-18-34(31)4/h5,8-9,13-15,17-19,21-22,28H,6-7,10-12,16H2,1-4H3/t19-,21?,28?/m0/s1. The third-order valence-corrected chi connectivity index (χ3v) is 8.47. The molecule has 192 valence electrons. The summed E-state index contributed by atoms with van der Waals surface area (Å²) in [5, 5.41) is 9.21. The van der Waals surface area contributed by atoms with Gasteiger partial charge in [0.1, 0.15) is 24.0 Å². The molecule has 0 amide bonds. The number of likely N-dealkylation sites (tertiary alicyclic amines) is 1. The van der Waals surface area contributed by atoms with Crippen molar-refractivity contribution in [2.24, 2.45) is 18.9 Å². The predicted molar refractivity (Wildman–Crippen MR) is 147 cm³/mol. The van der Waals surface area contributed by atoms with E-state index in [-0.39, 0.29) is 17.4 Å². The first-order valence-corrected chi connectivity index (χ1v) is 13.6. The molecule has 6 heteroatoms. The maximum absolute atomic E-state index is 13.9. The molecule has 1 aliphatic carbocycles. The lowest BCUT2D eigenvalue weighted by Gasteiger charge is -2.36. The summed E-state index contributed by atoms with van der Waals surface area (Å²) in [6, 6.07) is 12.9. The van der Waals surface area contributed by atoms with Gasteiger partial charge in [0.25, 0.3) is 0 Å². The van der Waals surface area contributed by atoms with Crippen LogP contribution in [-0.4, -0.2) is 32.8 Å². The van der Waals surface area contributed by atoms with Gasteiger partial charge in [-0.1, -0.05) is 37.3 Å². The van der Waals surface area contributed by atoms with Crippen LogP contribution >= 0.6 is 0 Å². The van der Waals surface area contributed by atoms with E-state index >= 15 is 0 Å². The van der Waals surface area contributed by atoms with E-state index in [0.29, 0.717) is 28.4 Å². The summed E-state index contributed by atoms with van der Waals surface area (Å²) in [6.07, 6.45) is 8.31. The van der Waals surface area contributed by atoms with Crippen molar-refractivity contribution < 1.29 is 4.42 Å². The van der Waals surface area contributed by atoms with Crippen LogP contribution in [0.4, 0.5) is 0 Å². The number of benzene rings is 2. The van der Waals surface area contributed by atoms with Crippen LogP contribution in [0.2, 0.25) is 0 Å². The van der Waals surface area contributed by atoms with Crippen molar-refractivity contribution in [1.29, 1.82) is 0 Å². The Hall–Kier alpha value is -3.25. The largest absolute Gasteiger partial charge is 0.463 e. The van der Waals surface area contributed by atoms with Crippen molar-refractivity contribution in [3.63, 3.8) is 0 Å². The fourth-order valence-corrected chi connectivity index (χ4v) is 6.21. The van der Waals surface area contributed by atoms with Crippen molar-refractivity contribution in [2.75, 3.05) is 13.1 Å². The topological polar surface area (TPSA) is 64.2 Å². The molecule has 1 saturated heterocycles. The lowest BCUT2D eigenvalue weighted by atomic mass is 9.90. The van der Waals surface area contributed by atoms with Crippen LogP contribution in [0.5, 0.6) is 0 Å². The van der Waals surface area contributed by atoms with Gasteiger partial charge in [-0.2, -0.15) is 0 Å². The SMILES string of the molecule is Cc1cc(C(C)N2CCC[C@H](C)C2)cc2c(=O)c(-c3cccc(C(c4nncn4C)C4CC4)c3)coc12. The van der Waals surface area contributed by atoms with Crippen molar-refractivity contribution in [3.8, 4) is 11.1 Å². The summed E-state index contributed by atoms with van der Waals surface area (Å²) < 4.78 is 8.13. The second kappa shape index (κ2) is 9.56. The molecule has 2 aromatic carbocycles. The van der Waals surface area contributed by atoms with Gasteiger partial charge >= 0.3 is 0 Å². The highest BCUT2D eigenvalue weighted by Gasteiger charge is 2.36. The molecule has 4 aromatic rings. The minimum atomic E-state index is 0.0317. The Bertz CT molecular complexity index is 1500. The molecule has 0 spiro atoms. The number of fused-ring (bicyclic) bond motifs is 1. The van der Waals surface area contributed by atoms with Gasteiger partial charge in [-0.25, -0.2) is 0 Å². The van der Waals surface area contributed by atoms with E-state index in [9.17, 15) is 4.79 Å². The molecule has 2 aliphatic rings. The van der Waals surface area contributed by atoms with Gasteiger partial charge in [-0.05, 0) is 86.2 Å². The van der Waals surface area contributed by atoms with E-state index in [0.717, 1.165) is 30.0 Å². The normalized spacial score (nSPS) is 20.3. The highest BCUT2D eigenvalue weighted by molar-refractivity contribution is 5.84. The zero-order valence-corrected chi connectivity index (χ0v) is 22.3. The van der Waals surface area contributed by atoms with Crippen LogP contribution in [0.25, 0.3) is 22.1 Å². The average Bonchev–Trinajstić information content (AvgIpc) is 3.65. The van der Waals surface area contributed by atoms with Crippen LogP contribution < -0.4 is 5.43 Å². The summed E-state index contributed by atoms with van der Waals surface area (Å²) in [7, 11) is 2.00. The summed E-state index contributed by atoms with van der Waals surface area (Å²) >= 11 is 0. The zero-order chi connectivity index (χ0) is 25.7. The smallest absolute Gasteiger partial charge is 0.200 e. The number of aryl methyl sites for hydroxylation is 2. The van der Waals surface area contributed by atoms with E-state index in [4.69, 9.17) is 4.42 Å². The third kappa shape index (κ3) is 4.52. The summed E-state index contributed by atoms with van der Waals surface area (Å²) in [6.45, 7) is 8.85. The first-order chi connectivity index (χ1) is 17.9. The predicted octanol–water partition coefficient (Wildman–Crippen LogP) is 6.23. The van der Waals surface area contributed by atoms with E-state index in [1.54, 1.807) is 12.6 Å². The molecular weight excluding hydrogens is 460 g/mol. The Labute approximate surface area is 218 Å². The zero-order valence-electron chi connectivity index (χ0n) is 22.3. The molecule has 0 N–H and O–H groups in total. The Morgan fingerprint density at radius 1 is 1.11 bits per heavy atom. The number of piperidine rings is 1. The van der Waals surface area contributed by atoms with Gasteiger partial charge in [-0.3, -0.25) is 9.69 Å².